The first-order valence-corrected chi connectivity index (χ1v) is 7.39. The van der Waals surface area contributed by atoms with Gasteiger partial charge in [0.1, 0.15) is 11.7 Å². The van der Waals surface area contributed by atoms with Crippen LogP contribution >= 0.6 is 0 Å². The molecule has 108 valence electrons. The zero-order valence-electron chi connectivity index (χ0n) is 11.9. The van der Waals surface area contributed by atoms with Gasteiger partial charge in [0.2, 0.25) is 0 Å². The topological polar surface area (TPSA) is 53.1 Å². The van der Waals surface area contributed by atoms with E-state index in [4.69, 9.17) is 11.1 Å². The van der Waals surface area contributed by atoms with E-state index in [-0.39, 0.29) is 11.7 Å². The van der Waals surface area contributed by atoms with Gasteiger partial charge in [0.05, 0.1) is 5.69 Å². The van der Waals surface area contributed by atoms with Crippen LogP contribution in [0, 0.1) is 29.0 Å². The molecule has 3 N–H and O–H groups in total. The van der Waals surface area contributed by atoms with Crippen LogP contribution in [0.4, 0.5) is 10.1 Å². The maximum Gasteiger partial charge on any atom is 0.147 e. The SMILES string of the molecule is CN(CC1CC2CCC1C2)c1ccc(C(=N)N)cc1F. The summed E-state index contributed by atoms with van der Waals surface area (Å²) in [5, 5.41) is 7.34. The Hall–Kier alpha value is -1.58. The normalized spacial score (nSPS) is 27.8. The predicted molar refractivity (Wildman–Crippen MR) is 79.6 cm³/mol. The lowest BCUT2D eigenvalue weighted by Gasteiger charge is -2.29. The van der Waals surface area contributed by atoms with Gasteiger partial charge in [0.25, 0.3) is 0 Å². The largest absolute Gasteiger partial charge is 0.384 e. The van der Waals surface area contributed by atoms with Gasteiger partial charge in [0, 0.05) is 19.2 Å². The summed E-state index contributed by atoms with van der Waals surface area (Å²) in [4.78, 5) is 2.02. The fraction of sp³-hybridized carbons (Fsp3) is 0.562. The van der Waals surface area contributed by atoms with E-state index in [1.807, 2.05) is 11.9 Å². The first-order valence-electron chi connectivity index (χ1n) is 7.39. The minimum atomic E-state index is -0.289. The molecule has 0 spiro atoms. The summed E-state index contributed by atoms with van der Waals surface area (Å²) in [5.41, 5.74) is 6.44. The number of nitrogens with one attached hydrogen (secondary N) is 1. The molecular weight excluding hydrogens is 253 g/mol. The molecule has 0 aromatic heterocycles. The second-order valence-electron chi connectivity index (χ2n) is 6.40. The Kier molecular flexibility index (Phi) is 3.40. The second-order valence-corrected chi connectivity index (χ2v) is 6.40. The first-order chi connectivity index (χ1) is 9.54. The van der Waals surface area contributed by atoms with Gasteiger partial charge in [-0.3, -0.25) is 5.41 Å². The molecule has 3 rings (SSSR count). The van der Waals surface area contributed by atoms with Crippen molar-refractivity contribution in [3.63, 3.8) is 0 Å². The number of amidine groups is 1. The van der Waals surface area contributed by atoms with E-state index in [0.29, 0.717) is 17.2 Å². The van der Waals surface area contributed by atoms with E-state index in [0.717, 1.165) is 18.4 Å². The number of nitrogen functional groups attached to an aromatic ring is 1. The molecule has 2 fully saturated rings. The summed E-state index contributed by atoms with van der Waals surface area (Å²) < 4.78 is 14.1. The van der Waals surface area contributed by atoms with Crippen LogP contribution in [-0.4, -0.2) is 19.4 Å². The first kappa shape index (κ1) is 13.4. The molecule has 1 aromatic carbocycles. The lowest BCUT2D eigenvalue weighted by molar-refractivity contribution is 0.337. The molecule has 2 bridgehead atoms. The Balaban J connectivity index is 1.71. The predicted octanol–water partition coefficient (Wildman–Crippen LogP) is 2.98. The zero-order valence-corrected chi connectivity index (χ0v) is 11.9. The zero-order chi connectivity index (χ0) is 14.3. The van der Waals surface area contributed by atoms with Crippen molar-refractivity contribution in [1.29, 1.82) is 5.41 Å². The van der Waals surface area contributed by atoms with Crippen LogP contribution < -0.4 is 10.6 Å². The molecule has 0 saturated heterocycles. The van der Waals surface area contributed by atoms with E-state index < -0.39 is 0 Å². The van der Waals surface area contributed by atoms with Crippen molar-refractivity contribution in [3.8, 4) is 0 Å². The van der Waals surface area contributed by atoms with Gasteiger partial charge in [-0.2, -0.15) is 0 Å². The highest BCUT2D eigenvalue weighted by molar-refractivity contribution is 5.95. The van der Waals surface area contributed by atoms with Crippen molar-refractivity contribution in [2.24, 2.45) is 23.5 Å². The second kappa shape index (κ2) is 5.08. The molecule has 2 aliphatic carbocycles. The molecule has 4 heteroatoms. The summed E-state index contributed by atoms with van der Waals surface area (Å²) in [6, 6.07) is 4.81. The summed E-state index contributed by atoms with van der Waals surface area (Å²) in [6.45, 7) is 0.928. The lowest BCUT2D eigenvalue weighted by atomic mass is 9.88. The van der Waals surface area contributed by atoms with Crippen LogP contribution in [0.3, 0.4) is 0 Å². The van der Waals surface area contributed by atoms with Gasteiger partial charge in [-0.15, -0.1) is 0 Å². The van der Waals surface area contributed by atoms with Crippen LogP contribution in [-0.2, 0) is 0 Å². The molecule has 3 nitrogen and oxygen atoms in total. The van der Waals surface area contributed by atoms with E-state index in [2.05, 4.69) is 0 Å². The maximum absolute atomic E-state index is 14.1. The highest BCUT2D eigenvalue weighted by atomic mass is 19.1. The lowest BCUT2D eigenvalue weighted by Crippen LogP contribution is -2.29. The molecule has 0 heterocycles. The maximum atomic E-state index is 14.1. The van der Waals surface area contributed by atoms with Gasteiger partial charge in [-0.05, 0) is 55.2 Å². The number of halogens is 1. The van der Waals surface area contributed by atoms with Gasteiger partial charge in [-0.25, -0.2) is 4.39 Å². The van der Waals surface area contributed by atoms with E-state index in [9.17, 15) is 4.39 Å². The Labute approximate surface area is 119 Å². The highest BCUT2D eigenvalue weighted by Crippen LogP contribution is 2.48. The molecule has 0 radical (unpaired) electrons. The van der Waals surface area contributed by atoms with Crippen molar-refractivity contribution in [2.45, 2.75) is 25.7 Å². The van der Waals surface area contributed by atoms with Crippen molar-refractivity contribution >= 4 is 11.5 Å². The molecule has 2 aliphatic rings. The van der Waals surface area contributed by atoms with Gasteiger partial charge >= 0.3 is 0 Å². The van der Waals surface area contributed by atoms with Crippen molar-refractivity contribution in [3.05, 3.63) is 29.6 Å². The quantitative estimate of drug-likeness (QED) is 0.655. The van der Waals surface area contributed by atoms with Gasteiger partial charge in [-0.1, -0.05) is 6.42 Å². The summed E-state index contributed by atoms with van der Waals surface area (Å²) >= 11 is 0. The number of anilines is 1. The summed E-state index contributed by atoms with van der Waals surface area (Å²) in [6.07, 6.45) is 5.44. The van der Waals surface area contributed by atoms with Crippen LogP contribution in [0.2, 0.25) is 0 Å². The van der Waals surface area contributed by atoms with E-state index in [1.54, 1.807) is 12.1 Å². The van der Waals surface area contributed by atoms with Crippen molar-refractivity contribution in [1.82, 2.24) is 0 Å². The smallest absolute Gasteiger partial charge is 0.147 e. The van der Waals surface area contributed by atoms with E-state index >= 15 is 0 Å². The molecule has 0 aliphatic heterocycles. The van der Waals surface area contributed by atoms with Crippen molar-refractivity contribution < 1.29 is 4.39 Å². The summed E-state index contributed by atoms with van der Waals surface area (Å²) in [5.74, 6) is 2.10. The Morgan fingerprint density at radius 3 is 2.75 bits per heavy atom. The molecule has 20 heavy (non-hydrogen) atoms. The van der Waals surface area contributed by atoms with Crippen LogP contribution in [0.25, 0.3) is 0 Å². The molecule has 3 unspecified atom stereocenters. The number of nitrogens with two attached hydrogens (primary N) is 1. The van der Waals surface area contributed by atoms with Crippen LogP contribution in [0.1, 0.15) is 31.2 Å². The van der Waals surface area contributed by atoms with Gasteiger partial charge < -0.3 is 10.6 Å². The number of hydrogen-bond donors (Lipinski definition) is 2. The minimum Gasteiger partial charge on any atom is -0.384 e. The third-order valence-electron chi connectivity index (χ3n) is 5.06. The molecule has 2 saturated carbocycles. The van der Waals surface area contributed by atoms with Crippen LogP contribution in [0.15, 0.2) is 18.2 Å². The third kappa shape index (κ3) is 2.39. The Morgan fingerprint density at radius 1 is 1.40 bits per heavy atom. The standard InChI is InChI=1S/C16H22FN3/c1-20(9-13-7-10-2-3-11(13)6-10)15-5-4-12(16(18)19)8-14(15)17/h4-5,8,10-11,13H,2-3,6-7,9H2,1H3,(H3,18,19). The third-order valence-corrected chi connectivity index (χ3v) is 5.06. The number of hydrogen-bond acceptors (Lipinski definition) is 2. The average molecular weight is 275 g/mol. The molecule has 1 aromatic rings. The minimum absolute atomic E-state index is 0.0915. The van der Waals surface area contributed by atoms with Crippen molar-refractivity contribution in [2.75, 3.05) is 18.5 Å². The molecule has 0 amide bonds. The Morgan fingerprint density at radius 2 is 2.20 bits per heavy atom. The number of benzene rings is 1. The molecule has 3 atom stereocenters. The number of fused-ring (bicyclic) bond motifs is 2. The molecular formula is C16H22FN3. The number of nitrogens with zero attached hydrogens (tertiary/aromatic N) is 1. The van der Waals surface area contributed by atoms with Crippen LogP contribution in [0.5, 0.6) is 0 Å². The highest BCUT2D eigenvalue weighted by Gasteiger charge is 2.39. The average Bonchev–Trinajstić information content (AvgIpc) is 3.00. The Bertz CT molecular complexity index is 528. The number of rotatable bonds is 4. The van der Waals surface area contributed by atoms with Gasteiger partial charge in [0.15, 0.2) is 0 Å². The van der Waals surface area contributed by atoms with E-state index in [1.165, 1.54) is 31.7 Å². The monoisotopic (exact) mass is 275 g/mol. The summed E-state index contributed by atoms with van der Waals surface area (Å²) in [7, 11) is 1.96. The fourth-order valence-corrected chi connectivity index (χ4v) is 4.03. The fourth-order valence-electron chi connectivity index (χ4n) is 4.03.